The third-order valence-corrected chi connectivity index (χ3v) is 3.69. The molecule has 0 saturated carbocycles. The molecule has 0 spiro atoms. The highest BCUT2D eigenvalue weighted by Crippen LogP contribution is 2.24. The number of halogens is 1. The standard InChI is InChI=1S/C9H15ClN4S/c1-13-4-3-7(5-13)6-14(2)9-8(10)11-15-12-9/h7H,3-6H2,1-2H3. The van der Waals surface area contributed by atoms with Crippen LogP contribution in [0.25, 0.3) is 0 Å². The quantitative estimate of drug-likeness (QED) is 0.811. The Bertz CT molecular complexity index is 330. The van der Waals surface area contributed by atoms with Gasteiger partial charge in [-0.1, -0.05) is 11.6 Å². The third kappa shape index (κ3) is 2.59. The highest BCUT2D eigenvalue weighted by molar-refractivity contribution is 6.99. The molecule has 1 atom stereocenters. The molecule has 15 heavy (non-hydrogen) atoms. The number of anilines is 1. The number of nitrogens with zero attached hydrogens (tertiary/aromatic N) is 4. The molecular weight excluding hydrogens is 232 g/mol. The van der Waals surface area contributed by atoms with Crippen molar-refractivity contribution < 1.29 is 0 Å². The molecule has 2 rings (SSSR count). The van der Waals surface area contributed by atoms with Crippen LogP contribution in [0, 0.1) is 5.92 Å². The summed E-state index contributed by atoms with van der Waals surface area (Å²) in [6, 6.07) is 0. The van der Waals surface area contributed by atoms with E-state index < -0.39 is 0 Å². The molecule has 0 N–H and O–H groups in total. The van der Waals surface area contributed by atoms with Crippen LogP contribution in [0.4, 0.5) is 5.82 Å². The highest BCUT2D eigenvalue weighted by atomic mass is 35.5. The van der Waals surface area contributed by atoms with Gasteiger partial charge < -0.3 is 9.80 Å². The molecule has 6 heteroatoms. The molecule has 4 nitrogen and oxygen atoms in total. The van der Waals surface area contributed by atoms with Gasteiger partial charge in [0.15, 0.2) is 11.0 Å². The van der Waals surface area contributed by atoms with E-state index in [-0.39, 0.29) is 0 Å². The zero-order chi connectivity index (χ0) is 10.8. The lowest BCUT2D eigenvalue weighted by Crippen LogP contribution is -2.27. The summed E-state index contributed by atoms with van der Waals surface area (Å²) >= 11 is 7.10. The number of hydrogen-bond acceptors (Lipinski definition) is 5. The van der Waals surface area contributed by atoms with Gasteiger partial charge >= 0.3 is 0 Å². The second kappa shape index (κ2) is 4.63. The van der Waals surface area contributed by atoms with E-state index in [0.29, 0.717) is 5.15 Å². The molecular formula is C9H15ClN4S. The van der Waals surface area contributed by atoms with Crippen LogP contribution in [0.2, 0.25) is 5.15 Å². The summed E-state index contributed by atoms with van der Waals surface area (Å²) in [5.74, 6) is 1.54. The van der Waals surface area contributed by atoms with Gasteiger partial charge in [-0.05, 0) is 25.9 Å². The van der Waals surface area contributed by atoms with Gasteiger partial charge in [-0.3, -0.25) is 0 Å². The predicted molar refractivity (Wildman–Crippen MR) is 63.8 cm³/mol. The Kier molecular flexibility index (Phi) is 3.43. The van der Waals surface area contributed by atoms with Crippen LogP contribution in [0.15, 0.2) is 0 Å². The summed E-state index contributed by atoms with van der Waals surface area (Å²) in [5, 5.41) is 0.522. The second-order valence-electron chi connectivity index (χ2n) is 4.18. The summed E-state index contributed by atoms with van der Waals surface area (Å²) in [7, 11) is 4.19. The van der Waals surface area contributed by atoms with E-state index in [2.05, 4.69) is 25.6 Å². The van der Waals surface area contributed by atoms with Crippen molar-refractivity contribution in [2.75, 3.05) is 38.6 Å². The zero-order valence-corrected chi connectivity index (χ0v) is 10.6. The van der Waals surface area contributed by atoms with Gasteiger partial charge in [0, 0.05) is 20.1 Å². The Hall–Kier alpha value is -0.390. The molecule has 0 amide bonds. The Labute approximate surface area is 99.2 Å². The molecule has 1 aromatic rings. The minimum atomic E-state index is 0.522. The highest BCUT2D eigenvalue weighted by Gasteiger charge is 2.22. The number of rotatable bonds is 3. The summed E-state index contributed by atoms with van der Waals surface area (Å²) in [4.78, 5) is 4.47. The minimum absolute atomic E-state index is 0.522. The van der Waals surface area contributed by atoms with Gasteiger partial charge in [0.2, 0.25) is 0 Å². The first kappa shape index (κ1) is 11.1. The molecule has 84 valence electrons. The SMILES string of the molecule is CN1CCC(CN(C)c2nsnc2Cl)C1. The second-order valence-corrected chi connectivity index (χ2v) is 5.06. The van der Waals surface area contributed by atoms with Crippen molar-refractivity contribution in [3.05, 3.63) is 5.15 Å². The molecule has 1 unspecified atom stereocenters. The van der Waals surface area contributed by atoms with Crippen molar-refractivity contribution in [3.63, 3.8) is 0 Å². The molecule has 1 aromatic heterocycles. The zero-order valence-electron chi connectivity index (χ0n) is 8.98. The van der Waals surface area contributed by atoms with E-state index in [9.17, 15) is 0 Å². The lowest BCUT2D eigenvalue weighted by Gasteiger charge is -2.20. The van der Waals surface area contributed by atoms with Crippen LogP contribution in [0.3, 0.4) is 0 Å². The average Bonchev–Trinajstić information content (AvgIpc) is 2.75. The summed E-state index contributed by atoms with van der Waals surface area (Å²) in [6.07, 6.45) is 1.26. The van der Waals surface area contributed by atoms with Crippen molar-refractivity contribution in [1.29, 1.82) is 0 Å². The average molecular weight is 247 g/mol. The largest absolute Gasteiger partial charge is 0.356 e. The molecule has 1 saturated heterocycles. The molecule has 0 aromatic carbocycles. The van der Waals surface area contributed by atoms with Crippen LogP contribution in [0.1, 0.15) is 6.42 Å². The van der Waals surface area contributed by atoms with E-state index in [1.165, 1.54) is 31.2 Å². The van der Waals surface area contributed by atoms with Crippen LogP contribution < -0.4 is 4.90 Å². The fourth-order valence-corrected chi connectivity index (χ4v) is 2.88. The van der Waals surface area contributed by atoms with E-state index in [4.69, 9.17) is 11.6 Å². The topological polar surface area (TPSA) is 32.3 Å². The first-order valence-electron chi connectivity index (χ1n) is 5.04. The third-order valence-electron chi connectivity index (χ3n) is 2.82. The Morgan fingerprint density at radius 3 is 2.93 bits per heavy atom. The van der Waals surface area contributed by atoms with E-state index in [0.717, 1.165) is 18.3 Å². The lowest BCUT2D eigenvalue weighted by atomic mass is 10.1. The van der Waals surface area contributed by atoms with Crippen molar-refractivity contribution in [2.24, 2.45) is 5.92 Å². The van der Waals surface area contributed by atoms with E-state index >= 15 is 0 Å². The number of likely N-dealkylation sites (tertiary alicyclic amines) is 1. The van der Waals surface area contributed by atoms with Crippen LogP contribution in [-0.2, 0) is 0 Å². The van der Waals surface area contributed by atoms with E-state index in [1.807, 2.05) is 7.05 Å². The summed E-state index contributed by atoms with van der Waals surface area (Å²) in [6.45, 7) is 3.37. The fraction of sp³-hybridized carbons (Fsp3) is 0.778. The van der Waals surface area contributed by atoms with Gasteiger partial charge in [-0.15, -0.1) is 0 Å². The van der Waals surface area contributed by atoms with Crippen LogP contribution in [-0.4, -0.2) is 47.4 Å². The lowest BCUT2D eigenvalue weighted by molar-refractivity contribution is 0.395. The maximum atomic E-state index is 5.93. The molecule has 2 heterocycles. The predicted octanol–water partition coefficient (Wildman–Crippen LogP) is 1.58. The maximum Gasteiger partial charge on any atom is 0.187 e. The Morgan fingerprint density at radius 2 is 2.40 bits per heavy atom. The molecule has 0 bridgehead atoms. The monoisotopic (exact) mass is 246 g/mol. The Morgan fingerprint density at radius 1 is 1.60 bits per heavy atom. The number of hydrogen-bond donors (Lipinski definition) is 0. The number of aromatic nitrogens is 2. The van der Waals surface area contributed by atoms with Gasteiger partial charge in [-0.2, -0.15) is 8.75 Å². The van der Waals surface area contributed by atoms with Gasteiger partial charge in [0.25, 0.3) is 0 Å². The molecule has 1 aliphatic rings. The summed E-state index contributed by atoms with van der Waals surface area (Å²) in [5.41, 5.74) is 0. The molecule has 0 aliphatic carbocycles. The van der Waals surface area contributed by atoms with Crippen LogP contribution >= 0.6 is 23.3 Å². The fourth-order valence-electron chi connectivity index (χ4n) is 2.05. The van der Waals surface area contributed by atoms with Gasteiger partial charge in [0.1, 0.15) is 0 Å². The molecule has 1 fully saturated rings. The smallest absolute Gasteiger partial charge is 0.187 e. The normalized spacial score (nSPS) is 22.2. The van der Waals surface area contributed by atoms with Gasteiger partial charge in [0.05, 0.1) is 11.7 Å². The maximum absolute atomic E-state index is 5.93. The van der Waals surface area contributed by atoms with Crippen LogP contribution in [0.5, 0.6) is 0 Å². The van der Waals surface area contributed by atoms with Crippen molar-refractivity contribution in [2.45, 2.75) is 6.42 Å². The Balaban J connectivity index is 1.92. The van der Waals surface area contributed by atoms with Crippen molar-refractivity contribution >= 4 is 29.1 Å². The van der Waals surface area contributed by atoms with E-state index in [1.54, 1.807) is 0 Å². The van der Waals surface area contributed by atoms with Gasteiger partial charge in [-0.25, -0.2) is 0 Å². The first-order valence-corrected chi connectivity index (χ1v) is 6.15. The molecule has 0 radical (unpaired) electrons. The van der Waals surface area contributed by atoms with Crippen molar-refractivity contribution in [3.8, 4) is 0 Å². The molecule has 1 aliphatic heterocycles. The first-order chi connectivity index (χ1) is 7.16. The van der Waals surface area contributed by atoms with Crippen molar-refractivity contribution in [1.82, 2.24) is 13.6 Å². The minimum Gasteiger partial charge on any atom is -0.356 e. The summed E-state index contributed by atoms with van der Waals surface area (Å²) < 4.78 is 8.16.